The number of hydrogen-bond acceptors (Lipinski definition) is 16. The molecular weight excluding hydrogens is 919 g/mol. The molecule has 0 bridgehead atoms. The summed E-state index contributed by atoms with van der Waals surface area (Å²) in [5.41, 5.74) is 2.56. The number of imidazole rings is 2. The Morgan fingerprint density at radius 3 is 1.41 bits per heavy atom. The molecule has 2 aromatic heterocycles. The Morgan fingerprint density at radius 2 is 0.972 bits per heavy atom. The summed E-state index contributed by atoms with van der Waals surface area (Å²) >= 11 is 0. The van der Waals surface area contributed by atoms with Gasteiger partial charge in [0.15, 0.2) is 0 Å². The summed E-state index contributed by atoms with van der Waals surface area (Å²) in [7, 11) is 0. The fourth-order valence-corrected chi connectivity index (χ4v) is 6.81. The van der Waals surface area contributed by atoms with Crippen molar-refractivity contribution in [2.24, 2.45) is 5.73 Å². The van der Waals surface area contributed by atoms with E-state index in [9.17, 15) is 33.6 Å². The van der Waals surface area contributed by atoms with Crippen molar-refractivity contribution in [1.82, 2.24) is 40.0 Å². The summed E-state index contributed by atoms with van der Waals surface area (Å²) in [4.78, 5) is 102. The number of aromatic nitrogens is 4. The van der Waals surface area contributed by atoms with Crippen LogP contribution in [0.2, 0.25) is 0 Å². The number of esters is 5. The van der Waals surface area contributed by atoms with Crippen molar-refractivity contribution in [2.45, 2.75) is 228 Å². The van der Waals surface area contributed by atoms with Gasteiger partial charge in [-0.15, -0.1) is 0 Å². The fraction of sp³-hybridized carbons (Fsp3) is 0.740. The molecule has 71 heavy (non-hydrogen) atoms. The summed E-state index contributed by atoms with van der Waals surface area (Å²) in [5.74, 6) is -1.86. The van der Waals surface area contributed by atoms with E-state index in [0.717, 1.165) is 0 Å². The molecule has 0 saturated heterocycles. The second-order valence-corrected chi connectivity index (χ2v) is 22.6. The maximum atomic E-state index is 13.3. The molecular formula is C50H85N9O12. The minimum absolute atomic E-state index is 0.0201. The van der Waals surface area contributed by atoms with Crippen LogP contribution in [-0.2, 0) is 78.6 Å². The maximum Gasteiger partial charge on any atom is 0.329 e. The van der Waals surface area contributed by atoms with Crippen molar-refractivity contribution in [1.29, 1.82) is 0 Å². The number of carbonyl (C=O) groups is 7. The molecule has 2 aromatic rings. The van der Waals surface area contributed by atoms with Gasteiger partial charge in [0.25, 0.3) is 0 Å². The number of carbonyl (C=O) groups excluding carboxylic acids is 7. The van der Waals surface area contributed by atoms with Crippen LogP contribution in [0.25, 0.3) is 0 Å². The summed E-state index contributed by atoms with van der Waals surface area (Å²) in [6.07, 6.45) is 9.04. The van der Waals surface area contributed by atoms with Gasteiger partial charge < -0.3 is 54.5 Å². The topological polar surface area (TPSA) is 267 Å². The summed E-state index contributed by atoms with van der Waals surface area (Å²) in [5, 5.41) is 8.04. The van der Waals surface area contributed by atoms with Crippen LogP contribution in [0.5, 0.6) is 0 Å². The minimum Gasteiger partial charge on any atom is -0.460 e. The zero-order valence-corrected chi connectivity index (χ0v) is 45.2. The highest BCUT2D eigenvalue weighted by Gasteiger charge is 2.32. The first kappa shape index (κ1) is 61.5. The minimum atomic E-state index is -1.22. The molecule has 0 fully saturated rings. The van der Waals surface area contributed by atoms with E-state index in [-0.39, 0.29) is 44.8 Å². The van der Waals surface area contributed by atoms with Crippen molar-refractivity contribution in [2.75, 3.05) is 13.1 Å². The number of amides is 3. The molecule has 21 heteroatoms. The molecule has 2 heterocycles. The largest absolute Gasteiger partial charge is 0.460 e. The predicted molar refractivity (Wildman–Crippen MR) is 265 cm³/mol. The molecule has 0 unspecified atom stereocenters. The van der Waals surface area contributed by atoms with E-state index in [2.05, 4.69) is 30.8 Å². The quantitative estimate of drug-likeness (QED) is 0.0523. The molecule has 2 rings (SSSR count). The van der Waals surface area contributed by atoms with Crippen LogP contribution >= 0.6 is 0 Å². The van der Waals surface area contributed by atoms with Crippen LogP contribution in [0.15, 0.2) is 24.8 Å². The molecule has 0 spiro atoms. The van der Waals surface area contributed by atoms with Crippen LogP contribution in [-0.4, -0.2) is 125 Å². The maximum absolute atomic E-state index is 13.3. The van der Waals surface area contributed by atoms with E-state index in [4.69, 9.17) is 29.4 Å². The van der Waals surface area contributed by atoms with E-state index in [1.54, 1.807) is 138 Å². The van der Waals surface area contributed by atoms with E-state index >= 15 is 0 Å². The standard InChI is InChI=1S/C50H85N9O12/c1-46(2,3)67-39(60)23-22-36(44(65)71-50(13,14)15)56-45(66)55-35(43(64)70-49(10,11)12)21-16-18-24-54-42(63)34(51)20-17-19-27-57(30-37-52-25-28-58(37)32-40(61)68-47(4,5)6)31-38-53-26-29-59(38)33-41(62)69-48(7,8)9/h25-26,28-29,34-36H,16-24,27,30-33,51H2,1-15H3,(H,54,63)(H2,55,56,66)/t34-,35-,36-/m0/s1. The van der Waals surface area contributed by atoms with Gasteiger partial charge in [-0.25, -0.2) is 24.4 Å². The SMILES string of the molecule is CC(C)(C)OC(=O)CC[C@H](NC(=O)N[C@@H](CCCCNC(=O)[C@@H](N)CCCCN(Cc1nccn1CC(=O)OC(C)(C)C)Cc1nccn1CC(=O)OC(C)(C)C)C(=O)OC(C)(C)C)C(=O)OC(C)(C)C. The van der Waals surface area contributed by atoms with E-state index in [1.165, 1.54) is 0 Å². The smallest absolute Gasteiger partial charge is 0.329 e. The van der Waals surface area contributed by atoms with Gasteiger partial charge in [-0.1, -0.05) is 6.42 Å². The number of nitrogens with two attached hydrogens (primary N) is 1. The zero-order chi connectivity index (χ0) is 54.0. The third-order valence-electron chi connectivity index (χ3n) is 9.62. The molecule has 0 aliphatic carbocycles. The first-order chi connectivity index (χ1) is 32.6. The van der Waals surface area contributed by atoms with Crippen LogP contribution in [0.3, 0.4) is 0 Å². The second-order valence-electron chi connectivity index (χ2n) is 22.6. The third-order valence-corrected chi connectivity index (χ3v) is 9.62. The van der Waals surface area contributed by atoms with Crippen LogP contribution in [0, 0.1) is 0 Å². The molecule has 3 amide bonds. The third kappa shape index (κ3) is 27.6. The number of ether oxygens (including phenoxy) is 5. The average Bonchev–Trinajstić information content (AvgIpc) is 3.81. The van der Waals surface area contributed by atoms with E-state index < -0.39 is 82.0 Å². The molecule has 0 aliphatic heterocycles. The second kappa shape index (κ2) is 27.3. The molecule has 0 aliphatic rings. The number of hydrogen-bond donors (Lipinski definition) is 4. The van der Waals surface area contributed by atoms with Crippen LogP contribution in [0.1, 0.15) is 167 Å². The summed E-state index contributed by atoms with van der Waals surface area (Å²) in [6, 6.07) is -3.96. The first-order valence-electron chi connectivity index (χ1n) is 24.5. The normalized spacial score (nSPS) is 13.6. The van der Waals surface area contributed by atoms with Crippen molar-refractivity contribution < 1.29 is 57.2 Å². The van der Waals surface area contributed by atoms with Gasteiger partial charge in [0, 0.05) is 37.8 Å². The molecule has 0 radical (unpaired) electrons. The Bertz CT molecular complexity index is 1980. The highest BCUT2D eigenvalue weighted by atomic mass is 16.6. The van der Waals surface area contributed by atoms with Crippen molar-refractivity contribution in [3.05, 3.63) is 36.4 Å². The van der Waals surface area contributed by atoms with Gasteiger partial charge in [0.2, 0.25) is 5.91 Å². The lowest BCUT2D eigenvalue weighted by molar-refractivity contribution is -0.159. The Hall–Kier alpha value is -5.57. The van der Waals surface area contributed by atoms with Gasteiger partial charge in [-0.2, -0.15) is 0 Å². The first-order valence-corrected chi connectivity index (χ1v) is 24.5. The molecule has 0 saturated carbocycles. The highest BCUT2D eigenvalue weighted by Crippen LogP contribution is 2.17. The van der Waals surface area contributed by atoms with E-state index in [1.807, 2.05) is 0 Å². The zero-order valence-electron chi connectivity index (χ0n) is 45.2. The van der Waals surface area contributed by atoms with Gasteiger partial charge in [-0.05, 0) is 149 Å². The predicted octanol–water partition coefficient (Wildman–Crippen LogP) is 5.39. The van der Waals surface area contributed by atoms with Crippen molar-refractivity contribution in [3.63, 3.8) is 0 Å². The lowest BCUT2D eigenvalue weighted by Gasteiger charge is -2.27. The van der Waals surface area contributed by atoms with Gasteiger partial charge in [-0.3, -0.25) is 24.1 Å². The monoisotopic (exact) mass is 1000 g/mol. The van der Waals surface area contributed by atoms with Gasteiger partial charge in [0.1, 0.15) is 64.8 Å². The van der Waals surface area contributed by atoms with Gasteiger partial charge in [0.05, 0.1) is 19.1 Å². The number of unbranched alkanes of at least 4 members (excludes halogenated alkanes) is 2. The van der Waals surface area contributed by atoms with Crippen molar-refractivity contribution >= 4 is 41.8 Å². The van der Waals surface area contributed by atoms with Crippen LogP contribution in [0.4, 0.5) is 4.79 Å². The Kier molecular flexibility index (Phi) is 23.7. The lowest BCUT2D eigenvalue weighted by atomic mass is 10.1. The molecule has 21 nitrogen and oxygen atoms in total. The average molecular weight is 1000 g/mol. The Morgan fingerprint density at radius 1 is 0.563 bits per heavy atom. The molecule has 5 N–H and O–H groups in total. The highest BCUT2D eigenvalue weighted by molar-refractivity contribution is 5.87. The van der Waals surface area contributed by atoms with E-state index in [0.29, 0.717) is 63.4 Å². The Balaban J connectivity index is 2.03. The fourth-order valence-electron chi connectivity index (χ4n) is 6.81. The summed E-state index contributed by atoms with van der Waals surface area (Å²) in [6.45, 7) is 27.6. The number of nitrogens with zero attached hydrogens (tertiary/aromatic N) is 5. The Labute approximate surface area is 420 Å². The summed E-state index contributed by atoms with van der Waals surface area (Å²) < 4.78 is 31.0. The van der Waals surface area contributed by atoms with Crippen molar-refractivity contribution in [3.8, 4) is 0 Å². The number of nitrogens with one attached hydrogen (secondary N) is 3. The lowest BCUT2D eigenvalue weighted by Crippen LogP contribution is -2.53. The molecule has 402 valence electrons. The number of urea groups is 1. The molecule has 3 atom stereocenters. The van der Waals surface area contributed by atoms with Crippen LogP contribution < -0.4 is 21.7 Å². The molecule has 0 aromatic carbocycles. The van der Waals surface area contributed by atoms with Gasteiger partial charge >= 0.3 is 35.9 Å². The number of rotatable bonds is 26.